The number of aromatic nitrogens is 3. The van der Waals surface area contributed by atoms with Crippen molar-refractivity contribution in [2.75, 3.05) is 0 Å². The second-order valence-corrected chi connectivity index (χ2v) is 9.48. The van der Waals surface area contributed by atoms with Gasteiger partial charge < -0.3 is 4.74 Å². The standard InChI is InChI=1S/C25H20N4O3S/c1-14(30)20-22-17-10-6-7-11-18(17)32-25(20,2)27-24-29(22)23(31)19(33-24)12-16-13-26-28-21(16)15-8-4-3-5-9-15/h3-13,20,22H,1-2H3,(H,26,28)/b19-12+/t20-,22+,25+/m1/s1. The number of nitrogens with zero attached hydrogens (tertiary/aromatic N) is 3. The quantitative estimate of drug-likeness (QED) is 0.513. The lowest BCUT2D eigenvalue weighted by molar-refractivity contribution is -0.132. The van der Waals surface area contributed by atoms with Crippen LogP contribution in [0, 0.1) is 5.92 Å². The summed E-state index contributed by atoms with van der Waals surface area (Å²) in [5.74, 6) is 0.00631. The van der Waals surface area contributed by atoms with Gasteiger partial charge in [-0.25, -0.2) is 4.99 Å². The topological polar surface area (TPSA) is 89.3 Å². The number of H-pyrrole nitrogens is 1. The van der Waals surface area contributed by atoms with Gasteiger partial charge in [0.2, 0.25) is 5.72 Å². The van der Waals surface area contributed by atoms with Gasteiger partial charge in [-0.05, 0) is 26.0 Å². The average molecular weight is 457 g/mol. The van der Waals surface area contributed by atoms with E-state index in [0.717, 1.165) is 22.4 Å². The van der Waals surface area contributed by atoms with E-state index in [1.807, 2.05) is 67.6 Å². The maximum atomic E-state index is 13.7. The summed E-state index contributed by atoms with van der Waals surface area (Å²) in [6.45, 7) is 3.36. The number of para-hydroxylation sites is 1. The Bertz CT molecular complexity index is 1580. The number of ether oxygens (including phenoxy) is 1. The number of aromatic amines is 1. The lowest BCUT2D eigenvalue weighted by atomic mass is 9.79. The SMILES string of the molecule is CC(=O)[C@@H]1[C@@H]2c3ccccc3O[C@]1(C)N=c1s/c(=C/c3cn[nH]c3-c3ccccc3)c(=O)n12. The van der Waals surface area contributed by atoms with Crippen molar-refractivity contribution in [1.82, 2.24) is 14.8 Å². The van der Waals surface area contributed by atoms with Crippen molar-refractivity contribution >= 4 is 23.2 Å². The van der Waals surface area contributed by atoms with Crippen LogP contribution >= 0.6 is 11.3 Å². The molecule has 0 radical (unpaired) electrons. The first-order valence-corrected chi connectivity index (χ1v) is 11.5. The molecule has 1 N–H and O–H groups in total. The predicted molar refractivity (Wildman–Crippen MR) is 125 cm³/mol. The Morgan fingerprint density at radius 1 is 1.18 bits per heavy atom. The summed E-state index contributed by atoms with van der Waals surface area (Å²) in [5.41, 5.74) is 2.22. The molecule has 2 aliphatic heterocycles. The van der Waals surface area contributed by atoms with Crippen LogP contribution in [0.1, 0.15) is 31.0 Å². The second kappa shape index (κ2) is 7.11. The van der Waals surface area contributed by atoms with E-state index in [1.54, 1.807) is 10.8 Å². The zero-order valence-electron chi connectivity index (χ0n) is 18.0. The number of carbonyl (C=O) groups is 1. The highest BCUT2D eigenvalue weighted by Gasteiger charge is 2.53. The molecule has 7 nitrogen and oxygen atoms in total. The summed E-state index contributed by atoms with van der Waals surface area (Å²) in [6.07, 6.45) is 3.54. The van der Waals surface area contributed by atoms with Crippen LogP contribution in [0.4, 0.5) is 0 Å². The zero-order chi connectivity index (χ0) is 22.7. The van der Waals surface area contributed by atoms with Crippen molar-refractivity contribution in [2.24, 2.45) is 10.9 Å². The first kappa shape index (κ1) is 19.9. The number of benzene rings is 2. The van der Waals surface area contributed by atoms with E-state index < -0.39 is 17.7 Å². The molecule has 0 saturated heterocycles. The predicted octanol–water partition coefficient (Wildman–Crippen LogP) is 2.67. The summed E-state index contributed by atoms with van der Waals surface area (Å²) in [6, 6.07) is 16.9. The van der Waals surface area contributed by atoms with Crippen LogP contribution in [0.2, 0.25) is 0 Å². The van der Waals surface area contributed by atoms with E-state index >= 15 is 0 Å². The highest BCUT2D eigenvalue weighted by Crippen LogP contribution is 2.47. The third-order valence-electron chi connectivity index (χ3n) is 6.34. The van der Waals surface area contributed by atoms with Gasteiger partial charge in [0.25, 0.3) is 5.56 Å². The van der Waals surface area contributed by atoms with E-state index in [-0.39, 0.29) is 11.3 Å². The minimum atomic E-state index is -1.07. The molecule has 2 aliphatic rings. The summed E-state index contributed by atoms with van der Waals surface area (Å²) in [4.78, 5) is 31.7. The molecule has 0 unspecified atom stereocenters. The van der Waals surface area contributed by atoms with Gasteiger partial charge in [-0.3, -0.25) is 19.3 Å². The number of ketones is 1. The van der Waals surface area contributed by atoms with Crippen LogP contribution in [-0.4, -0.2) is 26.3 Å². The number of nitrogens with one attached hydrogen (secondary N) is 1. The normalized spacial score (nSPS) is 23.3. The van der Waals surface area contributed by atoms with Crippen molar-refractivity contribution in [3.05, 3.63) is 91.6 Å². The summed E-state index contributed by atoms with van der Waals surface area (Å²) in [7, 11) is 0. The van der Waals surface area contributed by atoms with Crippen LogP contribution in [0.25, 0.3) is 17.3 Å². The number of Topliss-reactive ketones (excluding diaryl/α,β-unsaturated/α-hetero) is 1. The van der Waals surface area contributed by atoms with Crippen LogP contribution in [0.15, 0.2) is 70.6 Å². The Morgan fingerprint density at radius 2 is 1.94 bits per heavy atom. The zero-order valence-corrected chi connectivity index (χ0v) is 18.8. The van der Waals surface area contributed by atoms with E-state index in [2.05, 4.69) is 10.2 Å². The Morgan fingerprint density at radius 3 is 2.73 bits per heavy atom. The fraction of sp³-hybridized carbons (Fsp3) is 0.200. The minimum absolute atomic E-state index is 0.0590. The Balaban J connectivity index is 1.59. The number of thiazole rings is 1. The van der Waals surface area contributed by atoms with Gasteiger partial charge in [0, 0.05) is 16.7 Å². The molecule has 4 aromatic rings. The Hall–Kier alpha value is -3.78. The van der Waals surface area contributed by atoms with Crippen LogP contribution in [0.5, 0.6) is 5.75 Å². The van der Waals surface area contributed by atoms with Crippen molar-refractivity contribution in [1.29, 1.82) is 0 Å². The van der Waals surface area contributed by atoms with E-state index in [0.29, 0.717) is 15.1 Å². The summed E-state index contributed by atoms with van der Waals surface area (Å²) >= 11 is 1.30. The first-order valence-electron chi connectivity index (χ1n) is 10.7. The van der Waals surface area contributed by atoms with Gasteiger partial charge in [-0.2, -0.15) is 5.10 Å². The molecule has 6 rings (SSSR count). The molecule has 0 spiro atoms. The second-order valence-electron chi connectivity index (χ2n) is 8.47. The average Bonchev–Trinajstić information content (AvgIpc) is 3.37. The number of hydrogen-bond donors (Lipinski definition) is 1. The molecule has 0 fully saturated rings. The molecular formula is C25H20N4O3S. The molecule has 2 aromatic carbocycles. The van der Waals surface area contributed by atoms with Gasteiger partial charge in [-0.15, -0.1) is 0 Å². The van der Waals surface area contributed by atoms with Crippen molar-refractivity contribution < 1.29 is 9.53 Å². The van der Waals surface area contributed by atoms with Crippen LogP contribution < -0.4 is 19.6 Å². The van der Waals surface area contributed by atoms with Gasteiger partial charge in [0.1, 0.15) is 17.5 Å². The maximum absolute atomic E-state index is 13.7. The summed E-state index contributed by atoms with van der Waals surface area (Å²) < 4.78 is 8.42. The molecule has 8 heteroatoms. The fourth-order valence-corrected chi connectivity index (χ4v) is 6.03. The molecule has 2 bridgehead atoms. The first-order chi connectivity index (χ1) is 16.0. The molecule has 164 valence electrons. The lowest BCUT2D eigenvalue weighted by Gasteiger charge is -2.45. The summed E-state index contributed by atoms with van der Waals surface area (Å²) in [5, 5.41) is 7.21. The van der Waals surface area contributed by atoms with Gasteiger partial charge in [0.05, 0.1) is 22.5 Å². The molecule has 0 aliphatic carbocycles. The lowest BCUT2D eigenvalue weighted by Crippen LogP contribution is -2.58. The van der Waals surface area contributed by atoms with Crippen LogP contribution in [0.3, 0.4) is 0 Å². The van der Waals surface area contributed by atoms with Gasteiger partial charge in [-0.1, -0.05) is 59.9 Å². The number of carbonyl (C=O) groups excluding carboxylic acids is 1. The molecule has 33 heavy (non-hydrogen) atoms. The highest BCUT2D eigenvalue weighted by atomic mass is 32.1. The minimum Gasteiger partial charge on any atom is -0.465 e. The molecule has 0 saturated carbocycles. The fourth-order valence-electron chi connectivity index (χ4n) is 4.94. The molecular weight excluding hydrogens is 436 g/mol. The van der Waals surface area contributed by atoms with Crippen molar-refractivity contribution in [2.45, 2.75) is 25.6 Å². The molecule has 2 aromatic heterocycles. The van der Waals surface area contributed by atoms with Crippen LogP contribution in [-0.2, 0) is 4.79 Å². The third kappa shape index (κ3) is 2.94. The molecule has 0 amide bonds. The van der Waals surface area contributed by atoms with E-state index in [4.69, 9.17) is 9.73 Å². The van der Waals surface area contributed by atoms with Gasteiger partial charge >= 0.3 is 0 Å². The Labute approximate surface area is 192 Å². The monoisotopic (exact) mass is 456 g/mol. The largest absolute Gasteiger partial charge is 0.465 e. The smallest absolute Gasteiger partial charge is 0.270 e. The van der Waals surface area contributed by atoms with E-state index in [9.17, 15) is 9.59 Å². The number of fused-ring (bicyclic) bond motifs is 6. The highest BCUT2D eigenvalue weighted by molar-refractivity contribution is 7.07. The van der Waals surface area contributed by atoms with E-state index in [1.165, 1.54) is 18.3 Å². The number of rotatable bonds is 3. The molecule has 3 atom stereocenters. The van der Waals surface area contributed by atoms with Gasteiger partial charge in [0.15, 0.2) is 4.80 Å². The van der Waals surface area contributed by atoms with Crippen molar-refractivity contribution in [3.8, 4) is 17.0 Å². The van der Waals surface area contributed by atoms with Crippen molar-refractivity contribution in [3.63, 3.8) is 0 Å². The third-order valence-corrected chi connectivity index (χ3v) is 7.32. The Kier molecular flexibility index (Phi) is 4.28. The maximum Gasteiger partial charge on any atom is 0.270 e. The molecule has 4 heterocycles. The number of hydrogen-bond acceptors (Lipinski definition) is 6.